The smallest absolute Gasteiger partial charge is 0.407 e. The number of amides is 4. The molecule has 4 amide bonds. The number of alkyl carbamates (subject to hydrolysis) is 2. The van der Waals surface area contributed by atoms with Gasteiger partial charge in [-0.3, -0.25) is 9.59 Å². The lowest BCUT2D eigenvalue weighted by Gasteiger charge is -2.29. The summed E-state index contributed by atoms with van der Waals surface area (Å²) in [6, 6.07) is 19.0. The molecule has 2 saturated heterocycles. The van der Waals surface area contributed by atoms with Crippen molar-refractivity contribution in [3.63, 3.8) is 0 Å². The molecule has 0 radical (unpaired) electrons. The summed E-state index contributed by atoms with van der Waals surface area (Å²) < 4.78 is 15.6. The highest BCUT2D eigenvalue weighted by Crippen LogP contribution is 2.38. The van der Waals surface area contributed by atoms with E-state index in [0.29, 0.717) is 36.5 Å². The summed E-state index contributed by atoms with van der Waals surface area (Å²) in [5, 5.41) is 5.16. The first kappa shape index (κ1) is 43.2. The number of rotatable bonds is 9. The molecule has 2 aliphatic rings. The molecule has 2 aliphatic heterocycles. The number of hydrogen-bond acceptors (Lipinski definition) is 9. The Balaban J connectivity index is 0.00000149. The van der Waals surface area contributed by atoms with E-state index in [1.165, 1.54) is 20.6 Å². The van der Waals surface area contributed by atoms with Crippen molar-refractivity contribution in [2.45, 2.75) is 85.9 Å². The quantitative estimate of drug-likeness (QED) is 0.132. The zero-order valence-corrected chi connectivity index (χ0v) is 33.8. The fourth-order valence-corrected chi connectivity index (χ4v) is 7.56. The third-order valence-corrected chi connectivity index (χ3v) is 10.4. The standard InChI is InChI=1S/C40H45N7O7.C3H8.CH4.H2/c1-22(2)35(45-40(51)53-5)38(49)47-21-23(3)17-32(47)37-44-30-19-27(13-15-33(30)54-37)25-10-8-24(9-11-25)26-12-14-28-29(18-26)43-36(42-28)31-7-6-16-46(31)34(48)20-41-39(50)52-4;1-3-2;;/h8-15,18-19,22-23,31-32,35H,6-7,16-17,20-21H2,1-5H3,(H,41,50)(H,42,43)(H,45,51);3H2,1-2H3;1H4;1H/t23-,31-,32?,35-;;;/m0.../s1. The maximum atomic E-state index is 13.7. The molecule has 2 aromatic heterocycles. The minimum Gasteiger partial charge on any atom is -0.453 e. The van der Waals surface area contributed by atoms with Crippen molar-refractivity contribution in [3.8, 4) is 22.3 Å². The van der Waals surface area contributed by atoms with Gasteiger partial charge in [0, 0.05) is 14.5 Å². The second-order valence-corrected chi connectivity index (χ2v) is 15.2. The van der Waals surface area contributed by atoms with Crippen LogP contribution in [0.2, 0.25) is 0 Å². The van der Waals surface area contributed by atoms with Crippen LogP contribution in [0.5, 0.6) is 0 Å². The number of oxazole rings is 1. The molecule has 3 N–H and O–H groups in total. The van der Waals surface area contributed by atoms with E-state index in [2.05, 4.69) is 71.5 Å². The van der Waals surface area contributed by atoms with Gasteiger partial charge in [0.25, 0.3) is 0 Å². The fourth-order valence-electron chi connectivity index (χ4n) is 7.56. The van der Waals surface area contributed by atoms with Gasteiger partial charge >= 0.3 is 12.2 Å². The Bertz CT molecular complexity index is 2220. The molecule has 4 atom stereocenters. The first-order valence-electron chi connectivity index (χ1n) is 19.7. The van der Waals surface area contributed by atoms with E-state index in [1.807, 2.05) is 44.2 Å². The third-order valence-electron chi connectivity index (χ3n) is 10.4. The second-order valence-electron chi connectivity index (χ2n) is 15.2. The lowest BCUT2D eigenvalue weighted by Crippen LogP contribution is -2.51. The number of ether oxygens (including phenoxy) is 2. The van der Waals surface area contributed by atoms with Gasteiger partial charge in [-0.1, -0.05) is 84.9 Å². The molecule has 312 valence electrons. The largest absolute Gasteiger partial charge is 0.453 e. The van der Waals surface area contributed by atoms with E-state index in [1.54, 1.807) is 9.80 Å². The van der Waals surface area contributed by atoms with Crippen LogP contribution in [0, 0.1) is 11.8 Å². The van der Waals surface area contributed by atoms with Crippen LogP contribution < -0.4 is 10.6 Å². The van der Waals surface area contributed by atoms with E-state index in [-0.39, 0.29) is 51.1 Å². The van der Waals surface area contributed by atoms with Gasteiger partial charge in [0.2, 0.25) is 17.7 Å². The molecular weight excluding hydrogens is 739 g/mol. The average molecular weight is 798 g/mol. The van der Waals surface area contributed by atoms with Crippen LogP contribution >= 0.6 is 0 Å². The molecule has 14 nitrogen and oxygen atoms in total. The number of likely N-dealkylation sites (tertiary alicyclic amines) is 2. The van der Waals surface area contributed by atoms with Crippen LogP contribution in [0.15, 0.2) is 65.1 Å². The van der Waals surface area contributed by atoms with Crippen molar-refractivity contribution in [1.29, 1.82) is 0 Å². The van der Waals surface area contributed by atoms with Gasteiger partial charge in [-0.05, 0) is 77.6 Å². The van der Waals surface area contributed by atoms with Crippen molar-refractivity contribution >= 4 is 46.1 Å². The summed E-state index contributed by atoms with van der Waals surface area (Å²) in [5.41, 5.74) is 7.09. The van der Waals surface area contributed by atoms with Gasteiger partial charge in [-0.2, -0.15) is 0 Å². The number of nitrogens with zero attached hydrogens (tertiary/aromatic N) is 4. The molecule has 4 heterocycles. The summed E-state index contributed by atoms with van der Waals surface area (Å²) in [4.78, 5) is 66.7. The number of benzene rings is 3. The molecule has 2 fully saturated rings. The van der Waals surface area contributed by atoms with Crippen molar-refractivity contribution < 1.29 is 34.5 Å². The molecule has 1 unspecified atom stereocenters. The molecule has 0 bridgehead atoms. The van der Waals surface area contributed by atoms with Crippen molar-refractivity contribution in [2.24, 2.45) is 11.8 Å². The number of carbonyl (C=O) groups is 4. The number of imidazole rings is 1. The Kier molecular flexibility index (Phi) is 14.2. The van der Waals surface area contributed by atoms with Gasteiger partial charge < -0.3 is 39.3 Å². The molecular formula is C44H59N7O7. The molecule has 0 aliphatic carbocycles. The fraction of sp³-hybridized carbons (Fsp3) is 0.455. The summed E-state index contributed by atoms with van der Waals surface area (Å²) in [6.45, 7) is 11.1. The number of nitrogens with one attached hydrogen (secondary N) is 3. The number of aromatic amines is 1. The number of aromatic nitrogens is 3. The normalized spacial score (nSPS) is 18.0. The van der Waals surface area contributed by atoms with Gasteiger partial charge in [-0.15, -0.1) is 0 Å². The molecule has 3 aromatic carbocycles. The van der Waals surface area contributed by atoms with Crippen LogP contribution in [-0.2, 0) is 19.1 Å². The number of methoxy groups -OCH3 is 2. The minimum atomic E-state index is -0.729. The Hall–Kier alpha value is -5.92. The topological polar surface area (TPSA) is 172 Å². The maximum Gasteiger partial charge on any atom is 0.407 e. The van der Waals surface area contributed by atoms with Crippen molar-refractivity contribution in [3.05, 3.63) is 72.4 Å². The molecule has 14 heteroatoms. The van der Waals surface area contributed by atoms with Crippen molar-refractivity contribution in [2.75, 3.05) is 33.9 Å². The van der Waals surface area contributed by atoms with Crippen LogP contribution in [0.4, 0.5) is 9.59 Å². The lowest BCUT2D eigenvalue weighted by molar-refractivity contribution is -0.136. The number of H-pyrrole nitrogens is 1. The highest BCUT2D eigenvalue weighted by molar-refractivity contribution is 5.87. The van der Waals surface area contributed by atoms with Gasteiger partial charge in [0.15, 0.2) is 5.58 Å². The highest BCUT2D eigenvalue weighted by Gasteiger charge is 2.41. The van der Waals surface area contributed by atoms with Crippen LogP contribution in [0.3, 0.4) is 0 Å². The minimum absolute atomic E-state index is 0. The van der Waals surface area contributed by atoms with Crippen LogP contribution in [-0.4, -0.2) is 88.6 Å². The lowest BCUT2D eigenvalue weighted by atomic mass is 10.00. The summed E-state index contributed by atoms with van der Waals surface area (Å²) >= 11 is 0. The maximum absolute atomic E-state index is 13.7. The Labute approximate surface area is 341 Å². The molecule has 5 aromatic rings. The SMILES string of the molecule is C.CCC.COC(=O)NCC(=O)N1CCC[C@H]1c1nc2ccc(-c3ccc(-c4ccc5oc(C6C[C@H](C)CN6C(=O)[C@@H](NC(=O)OC)C(C)C)nc5c4)cc3)cc2[nH]1.[HH]. The highest BCUT2D eigenvalue weighted by atomic mass is 16.5. The van der Waals surface area contributed by atoms with Crippen LogP contribution in [0.25, 0.3) is 44.4 Å². The monoisotopic (exact) mass is 797 g/mol. The van der Waals surface area contributed by atoms with Gasteiger partial charge in [0.05, 0.1) is 31.3 Å². The molecule has 0 spiro atoms. The Morgan fingerprint density at radius 2 is 1.52 bits per heavy atom. The number of fused-ring (bicyclic) bond motifs is 2. The third kappa shape index (κ3) is 9.43. The summed E-state index contributed by atoms with van der Waals surface area (Å²) in [7, 11) is 2.55. The van der Waals surface area contributed by atoms with E-state index >= 15 is 0 Å². The predicted molar refractivity (Wildman–Crippen MR) is 226 cm³/mol. The Morgan fingerprint density at radius 1 is 0.879 bits per heavy atom. The zero-order valence-electron chi connectivity index (χ0n) is 33.8. The first-order valence-corrected chi connectivity index (χ1v) is 19.7. The van der Waals surface area contributed by atoms with E-state index in [4.69, 9.17) is 19.1 Å². The van der Waals surface area contributed by atoms with Crippen molar-refractivity contribution in [1.82, 2.24) is 35.4 Å². The number of hydrogen-bond donors (Lipinski definition) is 3. The van der Waals surface area contributed by atoms with Crippen LogP contribution in [0.1, 0.15) is 93.0 Å². The second kappa shape index (κ2) is 19.0. The molecule has 58 heavy (non-hydrogen) atoms. The average Bonchev–Trinajstić information content (AvgIpc) is 4.03. The predicted octanol–water partition coefficient (Wildman–Crippen LogP) is 8.65. The summed E-state index contributed by atoms with van der Waals surface area (Å²) in [6.07, 6.45) is 2.31. The zero-order chi connectivity index (χ0) is 40.8. The first-order chi connectivity index (χ1) is 27.4. The van der Waals surface area contributed by atoms with Gasteiger partial charge in [0.1, 0.15) is 30.0 Å². The van der Waals surface area contributed by atoms with E-state index in [9.17, 15) is 19.2 Å². The van der Waals surface area contributed by atoms with E-state index in [0.717, 1.165) is 52.0 Å². The molecule has 7 rings (SSSR count). The Morgan fingerprint density at radius 3 is 2.17 bits per heavy atom. The van der Waals surface area contributed by atoms with Gasteiger partial charge in [-0.25, -0.2) is 19.6 Å². The molecule has 0 saturated carbocycles. The van der Waals surface area contributed by atoms with E-state index < -0.39 is 18.2 Å². The summed E-state index contributed by atoms with van der Waals surface area (Å²) in [5.74, 6) is 0.949. The number of carbonyl (C=O) groups excluding carboxylic acids is 4.